The van der Waals surface area contributed by atoms with Crippen LogP contribution in [-0.2, 0) is 20.8 Å². The molecule has 0 radical (unpaired) electrons. The Hall–Kier alpha value is -2.81. The normalized spacial score (nSPS) is 23.7. The number of carbonyl (C=O) groups excluding carboxylic acids is 1. The lowest BCUT2D eigenvalue weighted by molar-refractivity contribution is -0.198. The number of ether oxygens (including phenoxy) is 1. The van der Waals surface area contributed by atoms with E-state index in [4.69, 9.17) is 9.57 Å². The van der Waals surface area contributed by atoms with Crippen LogP contribution in [0.4, 0.5) is 5.82 Å². The third kappa shape index (κ3) is 6.59. The molecule has 0 bridgehead atoms. The molecule has 170 valence electrons. The van der Waals surface area contributed by atoms with E-state index >= 15 is 0 Å². The minimum atomic E-state index is -0.372. The van der Waals surface area contributed by atoms with Crippen molar-refractivity contribution in [2.75, 3.05) is 25.0 Å². The summed E-state index contributed by atoms with van der Waals surface area (Å²) in [5.41, 5.74) is 4.18. The summed E-state index contributed by atoms with van der Waals surface area (Å²) in [6.45, 7) is 2.57. The van der Waals surface area contributed by atoms with Crippen LogP contribution in [0.3, 0.4) is 0 Å². The van der Waals surface area contributed by atoms with Gasteiger partial charge in [-0.3, -0.25) is 9.78 Å². The van der Waals surface area contributed by atoms with Gasteiger partial charge in [-0.15, -0.1) is 0 Å². The van der Waals surface area contributed by atoms with E-state index in [1.807, 2.05) is 6.07 Å². The van der Waals surface area contributed by atoms with Crippen LogP contribution in [0.1, 0.15) is 43.4 Å². The van der Waals surface area contributed by atoms with Gasteiger partial charge < -0.3 is 15.4 Å². The third-order valence-corrected chi connectivity index (χ3v) is 5.76. The Morgan fingerprint density at radius 3 is 2.84 bits per heavy atom. The molecule has 1 aromatic carbocycles. The van der Waals surface area contributed by atoms with Gasteiger partial charge in [-0.2, -0.15) is 0 Å². The molecule has 0 saturated carbocycles. The minimum absolute atomic E-state index is 0.107. The van der Waals surface area contributed by atoms with Crippen molar-refractivity contribution < 1.29 is 14.4 Å². The molecular formula is C24H31N5O3. The van der Waals surface area contributed by atoms with Gasteiger partial charge in [0.15, 0.2) is 6.29 Å². The molecular weight excluding hydrogens is 406 g/mol. The Kier molecular flexibility index (Phi) is 7.82. The number of anilines is 1. The molecule has 2 atom stereocenters. The van der Waals surface area contributed by atoms with E-state index in [1.165, 1.54) is 11.6 Å². The average Bonchev–Trinajstić information content (AvgIpc) is 2.84. The maximum Gasteiger partial charge on any atom is 0.267 e. The van der Waals surface area contributed by atoms with Crippen LogP contribution >= 0.6 is 0 Å². The molecule has 1 amide bonds. The predicted octanol–water partition coefficient (Wildman–Crippen LogP) is 2.84. The zero-order valence-electron chi connectivity index (χ0n) is 18.3. The number of carbonyl (C=O) groups is 1. The first-order valence-corrected chi connectivity index (χ1v) is 11.3. The molecule has 4 rings (SSSR count). The van der Waals surface area contributed by atoms with Gasteiger partial charge in [-0.25, -0.2) is 15.3 Å². The number of amides is 1. The first kappa shape index (κ1) is 22.4. The molecule has 3 N–H and O–H groups in total. The topological polar surface area (TPSA) is 97.4 Å². The van der Waals surface area contributed by atoms with Crippen molar-refractivity contribution in [1.29, 1.82) is 0 Å². The van der Waals surface area contributed by atoms with E-state index in [1.54, 1.807) is 18.5 Å². The zero-order valence-corrected chi connectivity index (χ0v) is 18.3. The Bertz CT molecular complexity index is 876. The molecule has 2 fully saturated rings. The zero-order chi connectivity index (χ0) is 22.1. The number of aromatic nitrogens is 2. The lowest BCUT2D eigenvalue weighted by atomic mass is 9.84. The van der Waals surface area contributed by atoms with Crippen molar-refractivity contribution in [3.63, 3.8) is 0 Å². The fourth-order valence-electron chi connectivity index (χ4n) is 4.14. The molecule has 2 aliphatic rings. The molecule has 8 heteroatoms. The lowest BCUT2D eigenvalue weighted by Gasteiger charge is -2.39. The van der Waals surface area contributed by atoms with Gasteiger partial charge in [0.1, 0.15) is 5.82 Å². The summed E-state index contributed by atoms with van der Waals surface area (Å²) in [5, 5.41) is 7.13. The van der Waals surface area contributed by atoms with Gasteiger partial charge in [-0.05, 0) is 50.3 Å². The summed E-state index contributed by atoms with van der Waals surface area (Å²) < 4.78 is 5.42. The van der Waals surface area contributed by atoms with Crippen LogP contribution in [0.25, 0.3) is 6.08 Å². The average molecular weight is 438 g/mol. The van der Waals surface area contributed by atoms with Crippen LogP contribution in [0.15, 0.2) is 48.8 Å². The maximum absolute atomic E-state index is 12.0. The van der Waals surface area contributed by atoms with Crippen LogP contribution in [0.5, 0.6) is 0 Å². The number of hydrogen-bond acceptors (Lipinski definition) is 7. The molecule has 2 aliphatic heterocycles. The number of hydroxylamine groups is 1. The van der Waals surface area contributed by atoms with Gasteiger partial charge in [0, 0.05) is 25.6 Å². The highest BCUT2D eigenvalue weighted by Crippen LogP contribution is 2.25. The third-order valence-electron chi connectivity index (χ3n) is 5.76. The summed E-state index contributed by atoms with van der Waals surface area (Å²) in [7, 11) is 0. The summed E-state index contributed by atoms with van der Waals surface area (Å²) in [4.78, 5) is 26.2. The van der Waals surface area contributed by atoms with E-state index in [0.29, 0.717) is 12.3 Å². The highest BCUT2D eigenvalue weighted by molar-refractivity contribution is 5.90. The van der Waals surface area contributed by atoms with Crippen LogP contribution in [0.2, 0.25) is 0 Å². The monoisotopic (exact) mass is 437 g/mol. The van der Waals surface area contributed by atoms with Crippen molar-refractivity contribution in [3.8, 4) is 0 Å². The fraction of sp³-hybridized carbons (Fsp3) is 0.458. The number of nitrogens with zero attached hydrogens (tertiary/aromatic N) is 2. The van der Waals surface area contributed by atoms with Gasteiger partial charge in [0.25, 0.3) is 5.91 Å². The second-order valence-corrected chi connectivity index (χ2v) is 8.39. The maximum atomic E-state index is 12.0. The summed E-state index contributed by atoms with van der Waals surface area (Å²) >= 11 is 0. The molecule has 32 heavy (non-hydrogen) atoms. The van der Waals surface area contributed by atoms with Crippen LogP contribution < -0.4 is 16.1 Å². The molecule has 0 spiro atoms. The molecule has 1 aromatic heterocycles. The Balaban J connectivity index is 1.32. The van der Waals surface area contributed by atoms with E-state index in [2.05, 4.69) is 50.3 Å². The van der Waals surface area contributed by atoms with Gasteiger partial charge in [-0.1, -0.05) is 30.3 Å². The summed E-state index contributed by atoms with van der Waals surface area (Å²) in [6.07, 6.45) is 11.9. The number of rotatable bonds is 8. The first-order valence-electron chi connectivity index (χ1n) is 11.3. The van der Waals surface area contributed by atoms with Crippen molar-refractivity contribution >= 4 is 17.8 Å². The summed E-state index contributed by atoms with van der Waals surface area (Å²) in [5.74, 6) is 0.363. The molecule has 0 aliphatic carbocycles. The van der Waals surface area contributed by atoms with E-state index in [9.17, 15) is 4.79 Å². The van der Waals surface area contributed by atoms with Gasteiger partial charge >= 0.3 is 0 Å². The Morgan fingerprint density at radius 1 is 1.22 bits per heavy atom. The molecule has 2 aromatic rings. The van der Waals surface area contributed by atoms with Crippen molar-refractivity contribution in [2.24, 2.45) is 0 Å². The van der Waals surface area contributed by atoms with Crippen molar-refractivity contribution in [1.82, 2.24) is 20.8 Å². The quantitative estimate of drug-likeness (QED) is 0.432. The molecule has 8 nitrogen and oxygen atoms in total. The van der Waals surface area contributed by atoms with Gasteiger partial charge in [0.2, 0.25) is 0 Å². The van der Waals surface area contributed by atoms with Crippen LogP contribution in [0, 0.1) is 0 Å². The highest BCUT2D eigenvalue weighted by Gasteiger charge is 2.32. The molecule has 3 heterocycles. The fourth-order valence-corrected chi connectivity index (χ4v) is 4.14. The SMILES string of the molecule is O=C(/C=C/c1cnc(N[C@@]2(Cc3ccccc3)CCCNC2)cn1)NOC1CCCCO1. The minimum Gasteiger partial charge on any atom is -0.362 e. The second-order valence-electron chi connectivity index (χ2n) is 8.39. The Morgan fingerprint density at radius 2 is 2.12 bits per heavy atom. The van der Waals surface area contributed by atoms with E-state index < -0.39 is 0 Å². The van der Waals surface area contributed by atoms with Gasteiger partial charge in [0.05, 0.1) is 23.6 Å². The molecule has 1 unspecified atom stereocenters. The first-order chi connectivity index (χ1) is 15.7. The van der Waals surface area contributed by atoms with Crippen molar-refractivity contribution in [3.05, 3.63) is 60.1 Å². The number of piperidine rings is 1. The number of nitrogens with one attached hydrogen (secondary N) is 3. The van der Waals surface area contributed by atoms with Crippen molar-refractivity contribution in [2.45, 2.75) is 50.4 Å². The predicted molar refractivity (Wildman–Crippen MR) is 122 cm³/mol. The summed E-state index contributed by atoms with van der Waals surface area (Å²) in [6, 6.07) is 10.5. The number of benzene rings is 1. The smallest absolute Gasteiger partial charge is 0.267 e. The van der Waals surface area contributed by atoms with E-state index in [0.717, 1.165) is 57.4 Å². The Labute approximate surface area is 188 Å². The largest absolute Gasteiger partial charge is 0.362 e. The highest BCUT2D eigenvalue weighted by atomic mass is 16.8. The number of hydrogen-bond donors (Lipinski definition) is 3. The second kappa shape index (κ2) is 11.2. The standard InChI is InChI=1S/C24H31N5O3/c30-22(29-32-23-9-4-5-14-31-23)11-10-20-16-27-21(17-26-20)28-24(12-6-13-25-18-24)15-19-7-2-1-3-8-19/h1-3,7-8,10-11,16-17,23,25H,4-6,9,12-15,18H2,(H,27,28)(H,29,30)/b11-10+/t23?,24-/m1/s1. The lowest BCUT2D eigenvalue weighted by Crippen LogP contribution is -2.53. The van der Waals surface area contributed by atoms with Crippen LogP contribution in [-0.4, -0.2) is 47.4 Å². The van der Waals surface area contributed by atoms with E-state index in [-0.39, 0.29) is 17.7 Å². The molecule has 2 saturated heterocycles.